The second-order valence-corrected chi connectivity index (χ2v) is 10.2. The van der Waals surface area contributed by atoms with Crippen LogP contribution in [0, 0.1) is 0 Å². The van der Waals surface area contributed by atoms with Crippen LogP contribution in [-0.4, -0.2) is 86.0 Å². The molecule has 0 aromatic heterocycles. The van der Waals surface area contributed by atoms with Gasteiger partial charge in [-0.2, -0.15) is 0 Å². The fourth-order valence-electron chi connectivity index (χ4n) is 4.31. The van der Waals surface area contributed by atoms with E-state index in [0.29, 0.717) is 44.5 Å². The van der Waals surface area contributed by atoms with Crippen LogP contribution in [0.2, 0.25) is 0 Å². The molecule has 2 heterocycles. The van der Waals surface area contributed by atoms with Crippen LogP contribution in [0.4, 0.5) is 0 Å². The number of sulfonamides is 1. The Morgan fingerprint density at radius 2 is 1.85 bits per heavy atom. The zero-order valence-electron chi connectivity index (χ0n) is 18.7. The predicted molar refractivity (Wildman–Crippen MR) is 120 cm³/mol. The topological polar surface area (TPSA) is 133 Å². The number of likely N-dealkylation sites (tertiary alicyclic amines) is 1. The fraction of sp³-hybridized carbons (Fsp3) is 0.591. The van der Waals surface area contributed by atoms with Gasteiger partial charge in [-0.25, -0.2) is 17.9 Å². The molecule has 182 valence electrons. The van der Waals surface area contributed by atoms with Crippen molar-refractivity contribution in [3.05, 3.63) is 35.9 Å². The molecule has 2 saturated heterocycles. The monoisotopic (exact) mass is 481 g/mol. The number of nitrogens with zero attached hydrogens (tertiary/aromatic N) is 2. The van der Waals surface area contributed by atoms with Crippen molar-refractivity contribution in [1.29, 1.82) is 0 Å². The molecular weight excluding hydrogens is 450 g/mol. The Bertz CT molecular complexity index is 948. The van der Waals surface area contributed by atoms with E-state index in [2.05, 4.69) is 4.72 Å². The van der Waals surface area contributed by atoms with Crippen molar-refractivity contribution < 1.29 is 32.6 Å². The molecule has 33 heavy (non-hydrogen) atoms. The van der Waals surface area contributed by atoms with Gasteiger partial charge in [0, 0.05) is 32.8 Å². The van der Waals surface area contributed by atoms with Crippen LogP contribution in [0.25, 0.3) is 0 Å². The average molecular weight is 482 g/mol. The number of carboxylic acid groups (broad SMARTS) is 1. The van der Waals surface area contributed by atoms with E-state index in [4.69, 9.17) is 4.74 Å². The Labute approximate surface area is 193 Å². The van der Waals surface area contributed by atoms with Gasteiger partial charge in [-0.15, -0.1) is 0 Å². The lowest BCUT2D eigenvalue weighted by molar-refractivity contribution is -0.149. The van der Waals surface area contributed by atoms with Gasteiger partial charge in [0.25, 0.3) is 0 Å². The first kappa shape index (κ1) is 25.1. The number of carbonyl (C=O) groups is 3. The molecule has 2 aliphatic rings. The Morgan fingerprint density at radius 3 is 2.48 bits per heavy atom. The molecule has 10 nitrogen and oxygen atoms in total. The Kier molecular flexibility index (Phi) is 8.44. The van der Waals surface area contributed by atoms with Crippen LogP contribution >= 0.6 is 0 Å². The molecule has 3 rings (SSSR count). The van der Waals surface area contributed by atoms with E-state index >= 15 is 0 Å². The lowest BCUT2D eigenvalue weighted by atomic mass is 10.1. The minimum atomic E-state index is -3.98. The van der Waals surface area contributed by atoms with Crippen molar-refractivity contribution in [1.82, 2.24) is 14.5 Å². The number of benzene rings is 1. The van der Waals surface area contributed by atoms with Gasteiger partial charge in [0.15, 0.2) is 0 Å². The van der Waals surface area contributed by atoms with E-state index in [1.165, 1.54) is 9.80 Å². The molecule has 1 aromatic carbocycles. The molecule has 0 spiro atoms. The summed E-state index contributed by atoms with van der Waals surface area (Å²) in [5.41, 5.74) is 0.534. The number of aliphatic carboxylic acids is 1. The van der Waals surface area contributed by atoms with Crippen molar-refractivity contribution >= 4 is 27.8 Å². The van der Waals surface area contributed by atoms with Gasteiger partial charge in [0.2, 0.25) is 21.8 Å². The van der Waals surface area contributed by atoms with Gasteiger partial charge < -0.3 is 19.6 Å². The van der Waals surface area contributed by atoms with E-state index in [-0.39, 0.29) is 30.7 Å². The van der Waals surface area contributed by atoms with Crippen LogP contribution in [0.15, 0.2) is 30.3 Å². The number of hydrogen-bond donors (Lipinski definition) is 2. The highest BCUT2D eigenvalue weighted by molar-refractivity contribution is 7.88. The van der Waals surface area contributed by atoms with Crippen molar-refractivity contribution in [2.45, 2.75) is 56.0 Å². The SMILES string of the molecule is CN(C(=O)C[C@@H](NS(=O)(=O)Cc1ccccc1)C(=O)N1CCC[C@H]1C(=O)O)C1CCOCC1. The second kappa shape index (κ2) is 11.1. The molecule has 0 aliphatic carbocycles. The lowest BCUT2D eigenvalue weighted by Crippen LogP contribution is -2.54. The van der Waals surface area contributed by atoms with Crippen molar-refractivity contribution in [3.8, 4) is 0 Å². The zero-order chi connectivity index (χ0) is 24.0. The van der Waals surface area contributed by atoms with Crippen LogP contribution in [-0.2, 0) is 34.9 Å². The van der Waals surface area contributed by atoms with Crippen molar-refractivity contribution in [2.75, 3.05) is 26.8 Å². The largest absolute Gasteiger partial charge is 0.480 e. The quantitative estimate of drug-likeness (QED) is 0.527. The summed E-state index contributed by atoms with van der Waals surface area (Å²) in [6.07, 6.45) is 1.73. The van der Waals surface area contributed by atoms with E-state index < -0.39 is 34.0 Å². The fourth-order valence-corrected chi connectivity index (χ4v) is 5.65. The smallest absolute Gasteiger partial charge is 0.326 e. The number of hydrogen-bond acceptors (Lipinski definition) is 6. The van der Waals surface area contributed by atoms with Crippen LogP contribution in [0.5, 0.6) is 0 Å². The maximum Gasteiger partial charge on any atom is 0.326 e. The van der Waals surface area contributed by atoms with Gasteiger partial charge in [-0.1, -0.05) is 30.3 Å². The summed E-state index contributed by atoms with van der Waals surface area (Å²) in [6.45, 7) is 1.27. The summed E-state index contributed by atoms with van der Waals surface area (Å²) >= 11 is 0. The molecule has 0 bridgehead atoms. The summed E-state index contributed by atoms with van der Waals surface area (Å²) in [4.78, 5) is 40.5. The van der Waals surface area contributed by atoms with E-state index in [1.807, 2.05) is 0 Å². The van der Waals surface area contributed by atoms with Crippen LogP contribution in [0.1, 0.15) is 37.7 Å². The average Bonchev–Trinajstić information content (AvgIpc) is 3.28. The maximum absolute atomic E-state index is 13.3. The maximum atomic E-state index is 13.3. The third kappa shape index (κ3) is 6.75. The van der Waals surface area contributed by atoms with Gasteiger partial charge in [0.05, 0.1) is 12.2 Å². The Balaban J connectivity index is 1.78. The molecule has 2 amide bonds. The summed E-state index contributed by atoms with van der Waals surface area (Å²) in [5, 5.41) is 9.46. The molecule has 0 unspecified atom stereocenters. The number of ether oxygens (including phenoxy) is 1. The normalized spacial score (nSPS) is 20.4. The molecule has 2 N–H and O–H groups in total. The molecule has 2 fully saturated rings. The van der Waals surface area contributed by atoms with Crippen LogP contribution < -0.4 is 4.72 Å². The van der Waals surface area contributed by atoms with E-state index in [1.54, 1.807) is 37.4 Å². The van der Waals surface area contributed by atoms with E-state index in [0.717, 1.165) is 0 Å². The standard InChI is InChI=1S/C22H31N3O7S/c1-24(17-9-12-32-13-10-17)20(26)14-18(21(27)25-11-5-8-19(25)22(28)29)23-33(30,31)15-16-6-3-2-4-7-16/h2-4,6-7,17-19,23H,5,8-15H2,1H3,(H,28,29)/t18-,19+/m1/s1. The molecule has 2 aliphatic heterocycles. The highest BCUT2D eigenvalue weighted by Gasteiger charge is 2.39. The third-order valence-electron chi connectivity index (χ3n) is 6.15. The highest BCUT2D eigenvalue weighted by Crippen LogP contribution is 2.21. The van der Waals surface area contributed by atoms with Gasteiger partial charge in [-0.05, 0) is 31.2 Å². The number of rotatable bonds is 9. The Hall–Kier alpha value is -2.50. The van der Waals surface area contributed by atoms with Crippen molar-refractivity contribution in [3.63, 3.8) is 0 Å². The van der Waals surface area contributed by atoms with Gasteiger partial charge in [0.1, 0.15) is 12.1 Å². The number of carboxylic acids is 1. The first-order chi connectivity index (χ1) is 15.7. The number of amides is 2. The van der Waals surface area contributed by atoms with Crippen molar-refractivity contribution in [2.24, 2.45) is 0 Å². The summed E-state index contributed by atoms with van der Waals surface area (Å²) in [7, 11) is -2.34. The first-order valence-electron chi connectivity index (χ1n) is 11.1. The summed E-state index contributed by atoms with van der Waals surface area (Å²) in [6, 6.07) is 6.03. The second-order valence-electron chi connectivity index (χ2n) is 8.50. The minimum absolute atomic E-state index is 0.0542. The summed E-state index contributed by atoms with van der Waals surface area (Å²) < 4.78 is 33.4. The molecule has 2 atom stereocenters. The number of carbonyl (C=O) groups excluding carboxylic acids is 2. The molecule has 0 saturated carbocycles. The van der Waals surface area contributed by atoms with Gasteiger partial charge in [-0.3, -0.25) is 9.59 Å². The third-order valence-corrected chi connectivity index (χ3v) is 7.51. The summed E-state index contributed by atoms with van der Waals surface area (Å²) in [5.74, 6) is -2.57. The highest BCUT2D eigenvalue weighted by atomic mass is 32.2. The Morgan fingerprint density at radius 1 is 1.18 bits per heavy atom. The first-order valence-corrected chi connectivity index (χ1v) is 12.7. The van der Waals surface area contributed by atoms with Gasteiger partial charge >= 0.3 is 5.97 Å². The number of nitrogens with one attached hydrogen (secondary N) is 1. The van der Waals surface area contributed by atoms with Crippen LogP contribution in [0.3, 0.4) is 0 Å². The molecule has 1 aromatic rings. The zero-order valence-corrected chi connectivity index (χ0v) is 19.5. The lowest BCUT2D eigenvalue weighted by Gasteiger charge is -2.33. The predicted octanol–water partition coefficient (Wildman–Crippen LogP) is 0.578. The molecular formula is C22H31N3O7S. The minimum Gasteiger partial charge on any atom is -0.480 e. The molecule has 0 radical (unpaired) electrons. The van der Waals surface area contributed by atoms with E-state index in [9.17, 15) is 27.9 Å². The molecule has 11 heteroatoms.